The second-order valence-corrected chi connectivity index (χ2v) is 5.36. The summed E-state index contributed by atoms with van der Waals surface area (Å²) in [5.74, 6) is 0. The van der Waals surface area contributed by atoms with Gasteiger partial charge in [0.15, 0.2) is 0 Å². The highest BCUT2D eigenvalue weighted by molar-refractivity contribution is 7.15. The van der Waals surface area contributed by atoms with Crippen molar-refractivity contribution in [1.29, 1.82) is 0 Å². The first-order valence-electron chi connectivity index (χ1n) is 6.39. The zero-order chi connectivity index (χ0) is 12.8. The normalized spacial score (nSPS) is 10.8. The van der Waals surface area contributed by atoms with Crippen LogP contribution in [-0.4, -0.2) is 16.5 Å². The Morgan fingerprint density at radius 2 is 2.22 bits per heavy atom. The van der Waals surface area contributed by atoms with Gasteiger partial charge in [-0.2, -0.15) is 0 Å². The average molecular weight is 261 g/mol. The predicted octanol–water partition coefficient (Wildman–Crippen LogP) is 3.40. The molecule has 3 nitrogen and oxygen atoms in total. The monoisotopic (exact) mass is 261 g/mol. The van der Waals surface area contributed by atoms with E-state index in [1.54, 1.807) is 11.3 Å². The third kappa shape index (κ3) is 3.37. The minimum absolute atomic E-state index is 0.913. The van der Waals surface area contributed by atoms with E-state index >= 15 is 0 Å². The number of aryl methyl sites for hydroxylation is 1. The molecule has 4 heteroatoms. The summed E-state index contributed by atoms with van der Waals surface area (Å²) in [5.41, 5.74) is 2.08. The largest absolute Gasteiger partial charge is 0.312 e. The lowest BCUT2D eigenvalue weighted by molar-refractivity contribution is 0.644. The molecule has 18 heavy (non-hydrogen) atoms. The zero-order valence-electron chi connectivity index (χ0n) is 10.9. The van der Waals surface area contributed by atoms with Crippen LogP contribution in [0.1, 0.15) is 30.3 Å². The van der Waals surface area contributed by atoms with E-state index in [1.807, 2.05) is 24.4 Å². The first-order valence-corrected chi connectivity index (χ1v) is 7.21. The average Bonchev–Trinajstić information content (AvgIpc) is 2.77. The third-order valence-corrected chi connectivity index (χ3v) is 3.95. The molecule has 0 saturated heterocycles. The quantitative estimate of drug-likeness (QED) is 0.810. The summed E-state index contributed by atoms with van der Waals surface area (Å²) in [7, 11) is 0. The van der Waals surface area contributed by atoms with Gasteiger partial charge in [-0.25, -0.2) is 4.98 Å². The number of nitrogens with zero attached hydrogens (tertiary/aromatic N) is 2. The van der Waals surface area contributed by atoms with Gasteiger partial charge in [0.25, 0.3) is 0 Å². The number of nitrogens with one attached hydrogen (secondary N) is 1. The molecule has 96 valence electrons. The van der Waals surface area contributed by atoms with Crippen LogP contribution in [0.5, 0.6) is 0 Å². The van der Waals surface area contributed by atoms with Crippen molar-refractivity contribution >= 4 is 11.3 Å². The Kier molecular flexibility index (Phi) is 4.84. The van der Waals surface area contributed by atoms with Crippen LogP contribution in [0.2, 0.25) is 0 Å². The summed E-state index contributed by atoms with van der Waals surface area (Å²) in [6.07, 6.45) is 4.27. The summed E-state index contributed by atoms with van der Waals surface area (Å²) in [5, 5.41) is 4.47. The Bertz CT molecular complexity index is 479. The van der Waals surface area contributed by atoms with Gasteiger partial charge in [0, 0.05) is 17.6 Å². The van der Waals surface area contributed by atoms with Crippen molar-refractivity contribution in [2.75, 3.05) is 6.54 Å². The third-order valence-electron chi connectivity index (χ3n) is 2.77. The fourth-order valence-electron chi connectivity index (χ4n) is 1.69. The highest BCUT2D eigenvalue weighted by atomic mass is 32.1. The molecule has 0 amide bonds. The fourth-order valence-corrected chi connectivity index (χ4v) is 2.70. The summed E-state index contributed by atoms with van der Waals surface area (Å²) in [4.78, 5) is 10.2. The molecule has 0 aliphatic rings. The van der Waals surface area contributed by atoms with Crippen molar-refractivity contribution in [3.8, 4) is 10.7 Å². The molecule has 0 aliphatic carbocycles. The number of aromatic nitrogens is 2. The first kappa shape index (κ1) is 13.2. The van der Waals surface area contributed by atoms with Gasteiger partial charge in [-0.3, -0.25) is 4.98 Å². The topological polar surface area (TPSA) is 37.8 Å². The van der Waals surface area contributed by atoms with Crippen LogP contribution < -0.4 is 5.32 Å². The van der Waals surface area contributed by atoms with Crippen molar-refractivity contribution < 1.29 is 0 Å². The lowest BCUT2D eigenvalue weighted by atomic mass is 10.3. The van der Waals surface area contributed by atoms with Crippen molar-refractivity contribution in [3.63, 3.8) is 0 Å². The smallest absolute Gasteiger partial charge is 0.142 e. The van der Waals surface area contributed by atoms with Crippen LogP contribution in [0.15, 0.2) is 24.4 Å². The van der Waals surface area contributed by atoms with Crippen LogP contribution in [-0.2, 0) is 6.54 Å². The minimum atomic E-state index is 0.913. The van der Waals surface area contributed by atoms with E-state index in [2.05, 4.69) is 29.1 Å². The highest BCUT2D eigenvalue weighted by Gasteiger charge is 2.09. The zero-order valence-corrected chi connectivity index (χ0v) is 11.8. The molecule has 0 radical (unpaired) electrons. The maximum Gasteiger partial charge on any atom is 0.142 e. The molecule has 2 aromatic heterocycles. The molecular weight excluding hydrogens is 242 g/mol. The van der Waals surface area contributed by atoms with Gasteiger partial charge in [0.2, 0.25) is 0 Å². The van der Waals surface area contributed by atoms with Crippen LogP contribution in [0, 0.1) is 6.92 Å². The van der Waals surface area contributed by atoms with Crippen molar-refractivity contribution in [3.05, 3.63) is 35.0 Å². The Morgan fingerprint density at radius 3 is 2.94 bits per heavy atom. The van der Waals surface area contributed by atoms with Crippen LogP contribution in [0.4, 0.5) is 0 Å². The van der Waals surface area contributed by atoms with Gasteiger partial charge in [-0.05, 0) is 32.0 Å². The lowest BCUT2D eigenvalue weighted by Gasteiger charge is -2.01. The van der Waals surface area contributed by atoms with E-state index in [9.17, 15) is 0 Å². The number of pyridine rings is 1. The maximum absolute atomic E-state index is 4.60. The summed E-state index contributed by atoms with van der Waals surface area (Å²) >= 11 is 1.73. The molecule has 2 aromatic rings. The Hall–Kier alpha value is -1.26. The van der Waals surface area contributed by atoms with Crippen LogP contribution in [0.3, 0.4) is 0 Å². The van der Waals surface area contributed by atoms with E-state index in [0.29, 0.717) is 0 Å². The second kappa shape index (κ2) is 6.61. The summed E-state index contributed by atoms with van der Waals surface area (Å²) in [6, 6.07) is 5.93. The standard InChI is InChI=1S/C14H19N3S/c1-3-4-8-15-10-13-11(2)17-14(18-13)12-7-5-6-9-16-12/h5-7,9,15H,3-4,8,10H2,1-2H3. The van der Waals surface area contributed by atoms with E-state index in [-0.39, 0.29) is 0 Å². The van der Waals surface area contributed by atoms with Gasteiger partial charge < -0.3 is 5.32 Å². The van der Waals surface area contributed by atoms with Gasteiger partial charge in [-0.1, -0.05) is 19.4 Å². The van der Waals surface area contributed by atoms with Crippen LogP contribution in [0.25, 0.3) is 10.7 Å². The van der Waals surface area contributed by atoms with E-state index in [4.69, 9.17) is 0 Å². The first-order chi connectivity index (χ1) is 8.81. The molecule has 0 aliphatic heterocycles. The number of unbranched alkanes of at least 4 members (excludes halogenated alkanes) is 1. The Labute approximate surface area is 112 Å². The Morgan fingerprint density at radius 1 is 1.33 bits per heavy atom. The molecule has 0 aromatic carbocycles. The van der Waals surface area contributed by atoms with Crippen molar-refractivity contribution in [2.45, 2.75) is 33.2 Å². The number of hydrogen-bond acceptors (Lipinski definition) is 4. The predicted molar refractivity (Wildman–Crippen MR) is 76.7 cm³/mol. The van der Waals surface area contributed by atoms with Gasteiger partial charge >= 0.3 is 0 Å². The number of thiazole rings is 1. The number of rotatable bonds is 6. The molecule has 0 unspecified atom stereocenters. The highest BCUT2D eigenvalue weighted by Crippen LogP contribution is 2.26. The molecular formula is C14H19N3S. The van der Waals surface area contributed by atoms with Gasteiger partial charge in [0.1, 0.15) is 5.01 Å². The van der Waals surface area contributed by atoms with E-state index in [0.717, 1.165) is 29.5 Å². The number of hydrogen-bond donors (Lipinski definition) is 1. The lowest BCUT2D eigenvalue weighted by Crippen LogP contribution is -2.14. The SMILES string of the molecule is CCCCNCc1sc(-c2ccccn2)nc1C. The fraction of sp³-hybridized carbons (Fsp3) is 0.429. The summed E-state index contributed by atoms with van der Waals surface area (Å²) < 4.78 is 0. The van der Waals surface area contributed by atoms with E-state index < -0.39 is 0 Å². The molecule has 2 rings (SSSR count). The van der Waals surface area contributed by atoms with Crippen LogP contribution >= 0.6 is 11.3 Å². The molecule has 1 N–H and O–H groups in total. The molecule has 0 atom stereocenters. The Balaban J connectivity index is 2.03. The van der Waals surface area contributed by atoms with Gasteiger partial charge in [0.05, 0.1) is 11.4 Å². The molecule has 0 spiro atoms. The van der Waals surface area contributed by atoms with E-state index in [1.165, 1.54) is 17.7 Å². The van der Waals surface area contributed by atoms with Crippen molar-refractivity contribution in [2.24, 2.45) is 0 Å². The second-order valence-electron chi connectivity index (χ2n) is 4.27. The maximum atomic E-state index is 4.60. The van der Waals surface area contributed by atoms with Crippen molar-refractivity contribution in [1.82, 2.24) is 15.3 Å². The molecule has 0 bridgehead atoms. The molecule has 0 fully saturated rings. The minimum Gasteiger partial charge on any atom is -0.312 e. The molecule has 0 saturated carbocycles. The molecule has 2 heterocycles. The van der Waals surface area contributed by atoms with Gasteiger partial charge in [-0.15, -0.1) is 11.3 Å². The summed E-state index contributed by atoms with van der Waals surface area (Å²) in [6.45, 7) is 6.27.